The lowest BCUT2D eigenvalue weighted by atomic mass is 10.1. The van der Waals surface area contributed by atoms with Crippen LogP contribution in [0, 0.1) is 0 Å². The van der Waals surface area contributed by atoms with E-state index >= 15 is 0 Å². The highest BCUT2D eigenvalue weighted by Crippen LogP contribution is 2.13. The maximum atomic E-state index is 12.2. The summed E-state index contributed by atoms with van der Waals surface area (Å²) in [6.07, 6.45) is 4.05. The molecule has 2 N–H and O–H groups in total. The lowest BCUT2D eigenvalue weighted by molar-refractivity contribution is -0.111. The van der Waals surface area contributed by atoms with Crippen LogP contribution in [0.15, 0.2) is 59.5 Å². The molecule has 0 atom stereocenters. The quantitative estimate of drug-likeness (QED) is 0.582. The number of morpholine rings is 1. The van der Waals surface area contributed by atoms with Gasteiger partial charge in [0, 0.05) is 37.9 Å². The monoisotopic (exact) mass is 443 g/mol. The summed E-state index contributed by atoms with van der Waals surface area (Å²) in [7, 11) is -3.48. The zero-order valence-corrected chi connectivity index (χ0v) is 18.5. The molecule has 0 aliphatic carbocycles. The predicted octanol–water partition coefficient (Wildman–Crippen LogP) is 2.51. The smallest absolute Gasteiger partial charge is 0.248 e. The second kappa shape index (κ2) is 11.2. The summed E-state index contributed by atoms with van der Waals surface area (Å²) in [6.45, 7) is 6.64. The van der Waals surface area contributed by atoms with Gasteiger partial charge < -0.3 is 10.1 Å². The van der Waals surface area contributed by atoms with Gasteiger partial charge in [0.05, 0.1) is 18.1 Å². The first-order valence-corrected chi connectivity index (χ1v) is 11.9. The van der Waals surface area contributed by atoms with Crippen molar-refractivity contribution in [2.75, 3.05) is 44.7 Å². The van der Waals surface area contributed by atoms with Crippen LogP contribution in [0.4, 0.5) is 5.69 Å². The summed E-state index contributed by atoms with van der Waals surface area (Å²) in [5.74, 6) is -0.245. The van der Waals surface area contributed by atoms with E-state index in [1.807, 2.05) is 24.3 Å². The lowest BCUT2D eigenvalue weighted by Gasteiger charge is -2.26. The van der Waals surface area contributed by atoms with Gasteiger partial charge in [-0.1, -0.05) is 31.2 Å². The van der Waals surface area contributed by atoms with Gasteiger partial charge in [-0.3, -0.25) is 9.69 Å². The molecule has 3 rings (SSSR count). The summed E-state index contributed by atoms with van der Waals surface area (Å²) in [4.78, 5) is 14.8. The van der Waals surface area contributed by atoms with Gasteiger partial charge in [0.15, 0.2) is 0 Å². The molecule has 2 aromatic carbocycles. The minimum Gasteiger partial charge on any atom is -0.379 e. The first-order chi connectivity index (χ1) is 15.0. The van der Waals surface area contributed by atoms with Crippen molar-refractivity contribution >= 4 is 27.7 Å². The molecule has 0 unspecified atom stereocenters. The summed E-state index contributed by atoms with van der Waals surface area (Å²) in [6, 6.07) is 14.2. The van der Waals surface area contributed by atoms with Gasteiger partial charge in [-0.2, -0.15) is 0 Å². The van der Waals surface area contributed by atoms with Gasteiger partial charge in [0.1, 0.15) is 0 Å². The SMILES string of the molecule is CCNS(=O)(=O)c1ccc(C=CC(=O)Nc2ccc(CCN3CCOCC3)cc2)cc1. The molecule has 0 bridgehead atoms. The van der Waals surface area contributed by atoms with Crippen molar-refractivity contribution in [3.8, 4) is 0 Å². The van der Waals surface area contributed by atoms with Crippen molar-refractivity contribution in [3.05, 3.63) is 65.7 Å². The summed E-state index contributed by atoms with van der Waals surface area (Å²) >= 11 is 0. The van der Waals surface area contributed by atoms with Crippen LogP contribution in [0.25, 0.3) is 6.08 Å². The highest BCUT2D eigenvalue weighted by molar-refractivity contribution is 7.89. The number of carbonyl (C=O) groups excluding carboxylic acids is 1. The Bertz CT molecular complexity index is 980. The van der Waals surface area contributed by atoms with Gasteiger partial charge in [-0.05, 0) is 47.9 Å². The molecule has 1 amide bonds. The van der Waals surface area contributed by atoms with Crippen molar-refractivity contribution in [1.29, 1.82) is 0 Å². The van der Waals surface area contributed by atoms with E-state index in [1.165, 1.54) is 23.8 Å². The Morgan fingerprint density at radius 3 is 2.39 bits per heavy atom. The second-order valence-corrected chi connectivity index (χ2v) is 9.06. The molecule has 1 heterocycles. The van der Waals surface area contributed by atoms with Gasteiger partial charge in [-0.15, -0.1) is 0 Å². The van der Waals surface area contributed by atoms with Crippen LogP contribution in [0.5, 0.6) is 0 Å². The molecule has 7 nitrogen and oxygen atoms in total. The van der Waals surface area contributed by atoms with E-state index in [4.69, 9.17) is 4.74 Å². The number of nitrogens with zero attached hydrogens (tertiary/aromatic N) is 1. The number of hydrogen-bond acceptors (Lipinski definition) is 5. The van der Waals surface area contributed by atoms with Gasteiger partial charge >= 0.3 is 0 Å². The molecule has 166 valence electrons. The van der Waals surface area contributed by atoms with E-state index in [1.54, 1.807) is 25.1 Å². The van der Waals surface area contributed by atoms with Crippen molar-refractivity contribution in [2.45, 2.75) is 18.2 Å². The summed E-state index contributed by atoms with van der Waals surface area (Å²) in [5.41, 5.74) is 2.70. The van der Waals surface area contributed by atoms with Crippen LogP contribution in [0.3, 0.4) is 0 Å². The first kappa shape index (κ1) is 23.1. The standard InChI is InChI=1S/C23H29N3O4S/c1-2-24-31(28,29)22-10-5-19(6-11-22)7-12-23(27)25-21-8-3-20(4-9-21)13-14-26-15-17-30-18-16-26/h3-12,24H,2,13-18H2,1H3,(H,25,27). The van der Waals surface area contributed by atoms with Crippen LogP contribution in [-0.2, 0) is 26.0 Å². The third kappa shape index (κ3) is 7.29. The van der Waals surface area contributed by atoms with Crippen LogP contribution in [0.2, 0.25) is 0 Å². The summed E-state index contributed by atoms with van der Waals surface area (Å²) in [5, 5.41) is 2.84. The average Bonchev–Trinajstić information content (AvgIpc) is 2.78. The molecular formula is C23H29N3O4S. The maximum absolute atomic E-state index is 12.2. The molecule has 1 aliphatic rings. The van der Waals surface area contributed by atoms with Gasteiger partial charge in [0.2, 0.25) is 15.9 Å². The highest BCUT2D eigenvalue weighted by Gasteiger charge is 2.12. The molecule has 31 heavy (non-hydrogen) atoms. The Morgan fingerprint density at radius 1 is 1.06 bits per heavy atom. The molecular weight excluding hydrogens is 414 g/mol. The Hall–Kier alpha value is -2.52. The first-order valence-electron chi connectivity index (χ1n) is 10.4. The fourth-order valence-electron chi connectivity index (χ4n) is 3.25. The Balaban J connectivity index is 1.49. The fourth-order valence-corrected chi connectivity index (χ4v) is 4.30. The van der Waals surface area contributed by atoms with E-state index in [2.05, 4.69) is 14.9 Å². The topological polar surface area (TPSA) is 87.7 Å². The van der Waals surface area contributed by atoms with Gasteiger partial charge in [0.25, 0.3) is 0 Å². The summed E-state index contributed by atoms with van der Waals surface area (Å²) < 4.78 is 31.7. The molecule has 0 radical (unpaired) electrons. The molecule has 0 saturated carbocycles. The van der Waals surface area contributed by atoms with Crippen LogP contribution < -0.4 is 10.0 Å². The Kier molecular flexibility index (Phi) is 8.36. The fraction of sp³-hybridized carbons (Fsp3) is 0.348. The number of sulfonamides is 1. The minimum absolute atomic E-state index is 0.199. The molecule has 1 saturated heterocycles. The average molecular weight is 444 g/mol. The van der Waals surface area contributed by atoms with E-state index in [0.717, 1.165) is 50.5 Å². The minimum atomic E-state index is -3.48. The maximum Gasteiger partial charge on any atom is 0.248 e. The molecule has 0 aromatic heterocycles. The number of anilines is 1. The van der Waals surface area contributed by atoms with Crippen LogP contribution in [-0.4, -0.2) is 58.6 Å². The number of rotatable bonds is 9. The van der Waals surface area contributed by atoms with Crippen molar-refractivity contribution in [3.63, 3.8) is 0 Å². The highest BCUT2D eigenvalue weighted by atomic mass is 32.2. The molecule has 1 fully saturated rings. The molecule has 0 spiro atoms. The third-order valence-electron chi connectivity index (χ3n) is 4.99. The largest absolute Gasteiger partial charge is 0.379 e. The number of nitrogens with one attached hydrogen (secondary N) is 2. The van der Waals surface area contributed by atoms with Crippen molar-refractivity contribution in [2.24, 2.45) is 0 Å². The Labute approximate surface area is 184 Å². The third-order valence-corrected chi connectivity index (χ3v) is 6.56. The van der Waals surface area contributed by atoms with Crippen molar-refractivity contribution < 1.29 is 17.9 Å². The van der Waals surface area contributed by atoms with Crippen molar-refractivity contribution in [1.82, 2.24) is 9.62 Å². The number of carbonyl (C=O) groups is 1. The second-order valence-electron chi connectivity index (χ2n) is 7.29. The van der Waals surface area contributed by atoms with E-state index in [-0.39, 0.29) is 10.8 Å². The Morgan fingerprint density at radius 2 is 1.74 bits per heavy atom. The number of amides is 1. The lowest BCUT2D eigenvalue weighted by Crippen LogP contribution is -2.37. The number of ether oxygens (including phenoxy) is 1. The van der Waals surface area contributed by atoms with Crippen LogP contribution in [0.1, 0.15) is 18.1 Å². The molecule has 1 aliphatic heterocycles. The molecule has 2 aromatic rings. The normalized spacial score (nSPS) is 15.3. The zero-order valence-electron chi connectivity index (χ0n) is 17.7. The zero-order chi connectivity index (χ0) is 22.1. The van der Waals surface area contributed by atoms with E-state index < -0.39 is 10.0 Å². The number of hydrogen-bond donors (Lipinski definition) is 2. The number of benzene rings is 2. The van der Waals surface area contributed by atoms with E-state index in [0.29, 0.717) is 6.54 Å². The predicted molar refractivity (Wildman–Crippen MR) is 122 cm³/mol. The van der Waals surface area contributed by atoms with E-state index in [9.17, 15) is 13.2 Å². The van der Waals surface area contributed by atoms with Crippen LogP contribution >= 0.6 is 0 Å². The van der Waals surface area contributed by atoms with Gasteiger partial charge in [-0.25, -0.2) is 13.1 Å². The molecule has 8 heteroatoms.